The molecule has 0 aliphatic carbocycles. The van der Waals surface area contributed by atoms with Crippen LogP contribution in [-0.2, 0) is 9.59 Å². The molecule has 3 rings (SSSR count). The van der Waals surface area contributed by atoms with Crippen LogP contribution in [0.15, 0.2) is 48.2 Å². The van der Waals surface area contributed by atoms with Gasteiger partial charge in [0, 0.05) is 12.6 Å². The topological polar surface area (TPSA) is 77.1 Å². The third-order valence-corrected chi connectivity index (χ3v) is 5.01. The lowest BCUT2D eigenvalue weighted by Gasteiger charge is -2.15. The number of amides is 2. The van der Waals surface area contributed by atoms with Crippen LogP contribution < -0.4 is 19.5 Å². The second-order valence-corrected chi connectivity index (χ2v) is 7.93. The number of nitrogens with one attached hydrogen (secondary N) is 1. The molecule has 1 N–H and O–H groups in total. The Hall–Kier alpha value is -3.48. The van der Waals surface area contributed by atoms with Gasteiger partial charge in [0.15, 0.2) is 0 Å². The van der Waals surface area contributed by atoms with Gasteiger partial charge in [-0.15, -0.1) is 0 Å². The molecule has 2 aromatic carbocycles. The van der Waals surface area contributed by atoms with Gasteiger partial charge in [-0.1, -0.05) is 32.9 Å². The highest BCUT2D eigenvalue weighted by atomic mass is 16.5. The predicted octanol–water partition coefficient (Wildman–Crippen LogP) is 4.34. The van der Waals surface area contributed by atoms with Crippen LogP contribution in [0.4, 0.5) is 5.69 Å². The lowest BCUT2D eigenvalue weighted by molar-refractivity contribution is -0.136. The summed E-state index contributed by atoms with van der Waals surface area (Å²) < 4.78 is 16.4. The van der Waals surface area contributed by atoms with Gasteiger partial charge in [0.1, 0.15) is 22.9 Å². The molecule has 0 bridgehead atoms. The van der Waals surface area contributed by atoms with Crippen molar-refractivity contribution in [2.24, 2.45) is 5.92 Å². The Morgan fingerprint density at radius 3 is 2.22 bits per heavy atom. The lowest BCUT2D eigenvalue weighted by Crippen LogP contribution is -2.33. The SMILES string of the molecule is CCCN1C(=O)C(Nc2ccc(OC)cc2OC)=C(c2ccc(OCC(C)C)cc2)C1=O. The normalized spacial score (nSPS) is 13.8. The Kier molecular flexibility index (Phi) is 7.41. The molecule has 0 saturated carbocycles. The molecule has 170 valence electrons. The zero-order valence-electron chi connectivity index (χ0n) is 19.2. The van der Waals surface area contributed by atoms with Gasteiger partial charge in [-0.3, -0.25) is 14.5 Å². The summed E-state index contributed by atoms with van der Waals surface area (Å²) in [5, 5.41) is 3.14. The summed E-state index contributed by atoms with van der Waals surface area (Å²) in [4.78, 5) is 27.6. The number of nitrogens with zero attached hydrogens (tertiary/aromatic N) is 1. The van der Waals surface area contributed by atoms with Gasteiger partial charge in [-0.05, 0) is 42.2 Å². The second kappa shape index (κ2) is 10.2. The summed E-state index contributed by atoms with van der Waals surface area (Å²) >= 11 is 0. The summed E-state index contributed by atoms with van der Waals surface area (Å²) in [6.07, 6.45) is 0.672. The van der Waals surface area contributed by atoms with Crippen LogP contribution in [0, 0.1) is 5.92 Å². The fourth-order valence-electron chi connectivity index (χ4n) is 3.40. The molecule has 0 radical (unpaired) electrons. The highest BCUT2D eigenvalue weighted by Gasteiger charge is 2.39. The largest absolute Gasteiger partial charge is 0.497 e. The second-order valence-electron chi connectivity index (χ2n) is 7.93. The summed E-state index contributed by atoms with van der Waals surface area (Å²) in [7, 11) is 3.11. The third-order valence-electron chi connectivity index (χ3n) is 5.01. The van der Waals surface area contributed by atoms with Crippen LogP contribution >= 0.6 is 0 Å². The molecule has 0 atom stereocenters. The van der Waals surface area contributed by atoms with E-state index in [9.17, 15) is 9.59 Å². The molecular formula is C25H30N2O5. The summed E-state index contributed by atoms with van der Waals surface area (Å²) in [5.74, 6) is 1.58. The quantitative estimate of drug-likeness (QED) is 0.556. The van der Waals surface area contributed by atoms with E-state index in [-0.39, 0.29) is 17.5 Å². The van der Waals surface area contributed by atoms with E-state index in [4.69, 9.17) is 14.2 Å². The first-order valence-electron chi connectivity index (χ1n) is 10.7. The molecule has 0 saturated heterocycles. The van der Waals surface area contributed by atoms with Crippen LogP contribution in [0.1, 0.15) is 32.8 Å². The average Bonchev–Trinajstić information content (AvgIpc) is 3.02. The number of hydrogen-bond donors (Lipinski definition) is 1. The number of carbonyl (C=O) groups excluding carboxylic acids is 2. The molecule has 0 unspecified atom stereocenters. The summed E-state index contributed by atoms with van der Waals surface area (Å²) in [6.45, 7) is 7.04. The molecule has 0 fully saturated rings. The van der Waals surface area contributed by atoms with Gasteiger partial charge in [0.05, 0.1) is 32.1 Å². The van der Waals surface area contributed by atoms with Crippen LogP contribution in [-0.4, -0.2) is 44.1 Å². The van der Waals surface area contributed by atoms with Crippen LogP contribution in [0.3, 0.4) is 0 Å². The van der Waals surface area contributed by atoms with E-state index in [1.807, 2.05) is 19.1 Å². The minimum atomic E-state index is -0.357. The molecule has 1 aliphatic rings. The first kappa shape index (κ1) is 23.2. The molecule has 1 heterocycles. The van der Waals surface area contributed by atoms with Gasteiger partial charge in [0.2, 0.25) is 0 Å². The monoisotopic (exact) mass is 438 g/mol. The number of carbonyl (C=O) groups is 2. The minimum Gasteiger partial charge on any atom is -0.497 e. The number of anilines is 1. The smallest absolute Gasteiger partial charge is 0.278 e. The summed E-state index contributed by atoms with van der Waals surface area (Å²) in [6, 6.07) is 12.5. The van der Waals surface area contributed by atoms with Crippen molar-refractivity contribution in [3.8, 4) is 17.2 Å². The van der Waals surface area contributed by atoms with Crippen LogP contribution in [0.2, 0.25) is 0 Å². The van der Waals surface area contributed by atoms with E-state index in [1.54, 1.807) is 37.4 Å². The van der Waals surface area contributed by atoms with Crippen LogP contribution in [0.5, 0.6) is 17.2 Å². The molecule has 7 heteroatoms. The molecule has 0 aromatic heterocycles. The molecular weight excluding hydrogens is 408 g/mol. The number of imide groups is 1. The van der Waals surface area contributed by atoms with Gasteiger partial charge in [0.25, 0.3) is 11.8 Å². The zero-order chi connectivity index (χ0) is 23.3. The van der Waals surface area contributed by atoms with Gasteiger partial charge < -0.3 is 19.5 Å². The van der Waals surface area contributed by atoms with E-state index in [1.165, 1.54) is 12.0 Å². The van der Waals surface area contributed by atoms with E-state index in [2.05, 4.69) is 19.2 Å². The number of methoxy groups -OCH3 is 2. The van der Waals surface area contributed by atoms with E-state index < -0.39 is 0 Å². The van der Waals surface area contributed by atoms with Crippen molar-refractivity contribution in [1.82, 2.24) is 4.90 Å². The molecule has 2 amide bonds. The standard InChI is InChI=1S/C25H30N2O5/c1-6-13-27-24(28)22(17-7-9-18(10-8-17)32-15-16(2)3)23(25(27)29)26-20-12-11-19(30-4)14-21(20)31-5/h7-12,14,16,26H,6,13,15H2,1-5H3. The number of hydrogen-bond acceptors (Lipinski definition) is 6. The Morgan fingerprint density at radius 1 is 0.938 bits per heavy atom. The minimum absolute atomic E-state index is 0.225. The Bertz CT molecular complexity index is 1010. The Labute approximate surface area is 189 Å². The maximum atomic E-state index is 13.2. The van der Waals surface area contributed by atoms with Gasteiger partial charge in [-0.2, -0.15) is 0 Å². The highest BCUT2D eigenvalue weighted by molar-refractivity contribution is 6.36. The lowest BCUT2D eigenvalue weighted by atomic mass is 10.0. The fraction of sp³-hybridized carbons (Fsp3) is 0.360. The molecule has 2 aromatic rings. The van der Waals surface area contributed by atoms with E-state index in [0.29, 0.717) is 53.8 Å². The van der Waals surface area contributed by atoms with Crippen molar-refractivity contribution in [2.75, 3.05) is 32.7 Å². The summed E-state index contributed by atoms with van der Waals surface area (Å²) in [5.41, 5.74) is 1.77. The Balaban J connectivity index is 2.00. The van der Waals surface area contributed by atoms with Crippen molar-refractivity contribution in [2.45, 2.75) is 27.2 Å². The zero-order valence-corrected chi connectivity index (χ0v) is 19.2. The highest BCUT2D eigenvalue weighted by Crippen LogP contribution is 2.35. The first-order chi connectivity index (χ1) is 15.4. The predicted molar refractivity (Wildman–Crippen MR) is 124 cm³/mol. The maximum Gasteiger partial charge on any atom is 0.278 e. The fourth-order valence-corrected chi connectivity index (χ4v) is 3.40. The van der Waals surface area contributed by atoms with Gasteiger partial charge in [-0.25, -0.2) is 0 Å². The van der Waals surface area contributed by atoms with Gasteiger partial charge >= 0.3 is 0 Å². The molecule has 1 aliphatic heterocycles. The van der Waals surface area contributed by atoms with Crippen molar-refractivity contribution < 1.29 is 23.8 Å². The average molecular weight is 439 g/mol. The number of ether oxygens (including phenoxy) is 3. The molecule has 0 spiro atoms. The Morgan fingerprint density at radius 2 is 1.62 bits per heavy atom. The maximum absolute atomic E-state index is 13.2. The van der Waals surface area contributed by atoms with E-state index >= 15 is 0 Å². The van der Waals surface area contributed by atoms with Crippen molar-refractivity contribution >= 4 is 23.1 Å². The number of rotatable bonds is 10. The third kappa shape index (κ3) is 4.88. The molecule has 32 heavy (non-hydrogen) atoms. The number of benzene rings is 2. The van der Waals surface area contributed by atoms with Crippen molar-refractivity contribution in [1.29, 1.82) is 0 Å². The van der Waals surface area contributed by atoms with Crippen molar-refractivity contribution in [3.05, 3.63) is 53.7 Å². The van der Waals surface area contributed by atoms with Crippen LogP contribution in [0.25, 0.3) is 5.57 Å². The van der Waals surface area contributed by atoms with Crippen molar-refractivity contribution in [3.63, 3.8) is 0 Å². The van der Waals surface area contributed by atoms with E-state index in [0.717, 1.165) is 5.75 Å². The first-order valence-corrected chi connectivity index (χ1v) is 10.7. The molecule has 7 nitrogen and oxygen atoms in total.